The van der Waals surface area contributed by atoms with E-state index in [-0.39, 0.29) is 11.4 Å². The van der Waals surface area contributed by atoms with Gasteiger partial charge in [-0.1, -0.05) is 23.2 Å². The molecule has 0 aliphatic rings. The van der Waals surface area contributed by atoms with Crippen molar-refractivity contribution >= 4 is 29.0 Å². The van der Waals surface area contributed by atoms with Crippen LogP contribution in [0.5, 0.6) is 0 Å². The van der Waals surface area contributed by atoms with E-state index in [1.807, 2.05) is 13.0 Å². The number of benzene rings is 1. The third-order valence-corrected chi connectivity index (χ3v) is 3.92. The van der Waals surface area contributed by atoms with Crippen molar-refractivity contribution in [1.29, 1.82) is 5.26 Å². The summed E-state index contributed by atoms with van der Waals surface area (Å²) in [6.45, 7) is 1.83. The first-order valence-corrected chi connectivity index (χ1v) is 7.48. The lowest BCUT2D eigenvalue weighted by Gasteiger charge is -2.09. The fourth-order valence-corrected chi connectivity index (χ4v) is 2.80. The Bertz CT molecular complexity index is 941. The summed E-state index contributed by atoms with van der Waals surface area (Å²) in [4.78, 5) is 4.28. The highest BCUT2D eigenvalue weighted by Crippen LogP contribution is 2.35. The molecule has 1 aromatic carbocycles. The summed E-state index contributed by atoms with van der Waals surface area (Å²) in [5, 5.41) is 10.3. The van der Waals surface area contributed by atoms with Crippen LogP contribution in [-0.4, -0.2) is 4.98 Å². The second-order valence-corrected chi connectivity index (χ2v) is 5.81. The molecular weight excluding hydrogens is 333 g/mol. The van der Waals surface area contributed by atoms with E-state index in [9.17, 15) is 5.26 Å². The molecule has 2 aromatic heterocycles. The second-order valence-electron chi connectivity index (χ2n) is 4.96. The standard InChI is InChI=1S/C17H11Cl2N3O/c1-9-2-5-16(23-9)12-7-15(22-17(21)13(12)8-20)11-4-3-10(18)6-14(11)19/h2-7H,1H3,(H2,21,22). The molecule has 4 nitrogen and oxygen atoms in total. The minimum Gasteiger partial charge on any atom is -0.461 e. The van der Waals surface area contributed by atoms with Crippen LogP contribution >= 0.6 is 23.2 Å². The number of aromatic nitrogens is 1. The Morgan fingerprint density at radius 2 is 1.91 bits per heavy atom. The van der Waals surface area contributed by atoms with Gasteiger partial charge in [0.1, 0.15) is 29.0 Å². The van der Waals surface area contributed by atoms with Gasteiger partial charge >= 0.3 is 0 Å². The van der Waals surface area contributed by atoms with Crippen molar-refractivity contribution in [2.24, 2.45) is 0 Å². The third kappa shape index (κ3) is 2.89. The molecule has 23 heavy (non-hydrogen) atoms. The molecule has 0 radical (unpaired) electrons. The van der Waals surface area contributed by atoms with Crippen molar-refractivity contribution in [2.45, 2.75) is 6.92 Å². The van der Waals surface area contributed by atoms with Gasteiger partial charge in [-0.3, -0.25) is 0 Å². The van der Waals surface area contributed by atoms with E-state index in [4.69, 9.17) is 33.4 Å². The molecular formula is C17H11Cl2N3O. The maximum Gasteiger partial charge on any atom is 0.142 e. The van der Waals surface area contributed by atoms with Crippen LogP contribution in [0, 0.1) is 18.3 Å². The van der Waals surface area contributed by atoms with Gasteiger partial charge in [0.05, 0.1) is 10.7 Å². The zero-order chi connectivity index (χ0) is 16.6. The number of nitrogens with zero attached hydrogens (tertiary/aromatic N) is 2. The molecule has 114 valence electrons. The van der Waals surface area contributed by atoms with Crippen LogP contribution in [0.25, 0.3) is 22.6 Å². The molecule has 0 amide bonds. The van der Waals surface area contributed by atoms with Gasteiger partial charge in [-0.05, 0) is 43.3 Å². The lowest BCUT2D eigenvalue weighted by molar-refractivity contribution is 0.548. The van der Waals surface area contributed by atoms with E-state index in [0.29, 0.717) is 32.6 Å². The SMILES string of the molecule is Cc1ccc(-c2cc(-c3ccc(Cl)cc3Cl)nc(N)c2C#N)o1. The number of furan rings is 1. The fraction of sp³-hybridized carbons (Fsp3) is 0.0588. The minimum atomic E-state index is 0.125. The Labute approximate surface area is 143 Å². The van der Waals surface area contributed by atoms with Gasteiger partial charge in [0.15, 0.2) is 0 Å². The van der Waals surface area contributed by atoms with E-state index < -0.39 is 0 Å². The van der Waals surface area contributed by atoms with Crippen LogP contribution in [0.2, 0.25) is 10.0 Å². The first kappa shape index (κ1) is 15.4. The quantitative estimate of drug-likeness (QED) is 0.703. The van der Waals surface area contributed by atoms with Crippen molar-refractivity contribution in [3.05, 3.63) is 57.8 Å². The molecule has 0 bridgehead atoms. The van der Waals surface area contributed by atoms with Gasteiger partial charge in [-0.25, -0.2) is 4.98 Å². The van der Waals surface area contributed by atoms with Crippen molar-refractivity contribution in [3.8, 4) is 28.7 Å². The summed E-state index contributed by atoms with van der Waals surface area (Å²) < 4.78 is 5.62. The van der Waals surface area contributed by atoms with Gasteiger partial charge in [0, 0.05) is 16.1 Å². The van der Waals surface area contributed by atoms with E-state index in [1.54, 1.807) is 30.3 Å². The number of nitrogen functional groups attached to an aromatic ring is 1. The van der Waals surface area contributed by atoms with E-state index >= 15 is 0 Å². The van der Waals surface area contributed by atoms with E-state index in [2.05, 4.69) is 11.1 Å². The summed E-state index contributed by atoms with van der Waals surface area (Å²) in [5.41, 5.74) is 8.03. The average molecular weight is 344 g/mol. The number of halogens is 2. The number of anilines is 1. The molecule has 0 fully saturated rings. The summed E-state index contributed by atoms with van der Waals surface area (Å²) in [6, 6.07) is 12.5. The van der Waals surface area contributed by atoms with Crippen LogP contribution in [0.1, 0.15) is 11.3 Å². The number of hydrogen-bond donors (Lipinski definition) is 1. The van der Waals surface area contributed by atoms with Gasteiger partial charge in [-0.2, -0.15) is 5.26 Å². The number of nitrogens with two attached hydrogens (primary N) is 1. The van der Waals surface area contributed by atoms with Gasteiger partial charge < -0.3 is 10.2 Å². The fourth-order valence-electron chi connectivity index (χ4n) is 2.29. The molecule has 6 heteroatoms. The van der Waals surface area contributed by atoms with E-state index in [0.717, 1.165) is 5.76 Å². The summed E-state index contributed by atoms with van der Waals surface area (Å²) >= 11 is 12.2. The zero-order valence-corrected chi connectivity index (χ0v) is 13.6. The Hall–Kier alpha value is -2.48. The Kier molecular flexibility index (Phi) is 3.99. The zero-order valence-electron chi connectivity index (χ0n) is 12.1. The topological polar surface area (TPSA) is 75.8 Å². The predicted octanol–water partition coefficient (Wildman–Crippen LogP) is 5.08. The van der Waals surface area contributed by atoms with Crippen molar-refractivity contribution < 1.29 is 4.42 Å². The molecule has 0 saturated carbocycles. The Morgan fingerprint density at radius 3 is 2.52 bits per heavy atom. The molecule has 3 aromatic rings. The summed E-state index contributed by atoms with van der Waals surface area (Å²) in [5.74, 6) is 1.42. The maximum absolute atomic E-state index is 9.36. The van der Waals surface area contributed by atoms with Crippen LogP contribution in [0.4, 0.5) is 5.82 Å². The highest BCUT2D eigenvalue weighted by Gasteiger charge is 2.17. The molecule has 0 aliphatic heterocycles. The molecule has 0 aliphatic carbocycles. The van der Waals surface area contributed by atoms with E-state index in [1.165, 1.54) is 0 Å². The van der Waals surface area contributed by atoms with Gasteiger partial charge in [0.2, 0.25) is 0 Å². The number of rotatable bonds is 2. The first-order chi connectivity index (χ1) is 11.0. The molecule has 3 rings (SSSR count). The Morgan fingerprint density at radius 1 is 1.13 bits per heavy atom. The van der Waals surface area contributed by atoms with Crippen molar-refractivity contribution in [1.82, 2.24) is 4.98 Å². The summed E-state index contributed by atoms with van der Waals surface area (Å²) in [7, 11) is 0. The highest BCUT2D eigenvalue weighted by atomic mass is 35.5. The maximum atomic E-state index is 9.36. The van der Waals surface area contributed by atoms with Crippen LogP contribution in [0.15, 0.2) is 40.8 Å². The first-order valence-electron chi connectivity index (χ1n) is 6.72. The van der Waals surface area contributed by atoms with Crippen LogP contribution in [-0.2, 0) is 0 Å². The Balaban J connectivity index is 2.24. The smallest absolute Gasteiger partial charge is 0.142 e. The highest BCUT2D eigenvalue weighted by molar-refractivity contribution is 6.36. The van der Waals surface area contributed by atoms with Crippen molar-refractivity contribution in [2.75, 3.05) is 5.73 Å². The molecule has 0 unspecified atom stereocenters. The minimum absolute atomic E-state index is 0.125. The normalized spacial score (nSPS) is 10.5. The number of aryl methyl sites for hydroxylation is 1. The molecule has 0 atom stereocenters. The lowest BCUT2D eigenvalue weighted by atomic mass is 10.0. The lowest BCUT2D eigenvalue weighted by Crippen LogP contribution is -1.99. The number of hydrogen-bond acceptors (Lipinski definition) is 4. The molecule has 0 saturated heterocycles. The van der Waals surface area contributed by atoms with Crippen LogP contribution in [0.3, 0.4) is 0 Å². The summed E-state index contributed by atoms with van der Waals surface area (Å²) in [6.07, 6.45) is 0. The molecule has 0 spiro atoms. The largest absolute Gasteiger partial charge is 0.461 e. The molecule has 2 heterocycles. The predicted molar refractivity (Wildman–Crippen MR) is 91.3 cm³/mol. The second kappa shape index (κ2) is 5.96. The third-order valence-electron chi connectivity index (χ3n) is 3.37. The number of pyridine rings is 1. The van der Waals surface area contributed by atoms with Gasteiger partial charge in [-0.15, -0.1) is 0 Å². The van der Waals surface area contributed by atoms with Crippen LogP contribution < -0.4 is 5.73 Å². The van der Waals surface area contributed by atoms with Crippen molar-refractivity contribution in [3.63, 3.8) is 0 Å². The average Bonchev–Trinajstić information content (AvgIpc) is 2.93. The van der Waals surface area contributed by atoms with Gasteiger partial charge in [0.25, 0.3) is 0 Å². The monoisotopic (exact) mass is 343 g/mol. The molecule has 2 N–H and O–H groups in total. The number of nitriles is 1.